The van der Waals surface area contributed by atoms with Crippen LogP contribution >= 0.6 is 0 Å². The molecule has 8 nitrogen and oxygen atoms in total. The molecule has 8 heteroatoms. The molecular weight excluding hydrogens is 396 g/mol. The molecule has 0 radical (unpaired) electrons. The quantitative estimate of drug-likeness (QED) is 0.419. The number of aromatic amines is 1. The zero-order valence-corrected chi connectivity index (χ0v) is 17.9. The molecule has 2 aromatic rings. The number of morpholine rings is 1. The maximum Gasteiger partial charge on any atom is 0.295 e. The Balaban J connectivity index is 1.67. The highest BCUT2D eigenvalue weighted by Crippen LogP contribution is 2.40. The average Bonchev–Trinajstić information content (AvgIpc) is 3.25. The third kappa shape index (κ3) is 4.13. The van der Waals surface area contributed by atoms with Gasteiger partial charge in [-0.25, -0.2) is 0 Å². The number of amides is 1. The number of hydrogen-bond donors (Lipinski definition) is 2. The van der Waals surface area contributed by atoms with Gasteiger partial charge in [0.2, 0.25) is 0 Å². The third-order valence-corrected chi connectivity index (χ3v) is 6.00. The van der Waals surface area contributed by atoms with Crippen molar-refractivity contribution in [2.24, 2.45) is 0 Å². The van der Waals surface area contributed by atoms with Gasteiger partial charge in [-0.2, -0.15) is 5.10 Å². The van der Waals surface area contributed by atoms with Crippen LogP contribution in [0.2, 0.25) is 0 Å². The molecule has 3 heterocycles. The van der Waals surface area contributed by atoms with Crippen LogP contribution in [0.1, 0.15) is 35.0 Å². The molecule has 4 rings (SSSR count). The zero-order valence-electron chi connectivity index (χ0n) is 17.9. The lowest BCUT2D eigenvalue weighted by molar-refractivity contribution is -0.140. The number of aliphatic hydroxyl groups is 1. The van der Waals surface area contributed by atoms with Gasteiger partial charge in [0.05, 0.1) is 36.1 Å². The van der Waals surface area contributed by atoms with Crippen LogP contribution in [0.3, 0.4) is 0 Å². The van der Waals surface area contributed by atoms with E-state index in [-0.39, 0.29) is 11.3 Å². The van der Waals surface area contributed by atoms with Gasteiger partial charge in [-0.15, -0.1) is 0 Å². The molecule has 2 saturated heterocycles. The Hall–Kier alpha value is -2.97. The summed E-state index contributed by atoms with van der Waals surface area (Å²) in [5.74, 6) is -1.40. The van der Waals surface area contributed by atoms with Crippen LogP contribution in [0.4, 0.5) is 0 Å². The molecule has 2 aliphatic heterocycles. The summed E-state index contributed by atoms with van der Waals surface area (Å²) in [7, 11) is 0. The fraction of sp³-hybridized carbons (Fsp3) is 0.435. The number of likely N-dealkylation sites (tertiary alicyclic amines) is 1. The highest BCUT2D eigenvalue weighted by molar-refractivity contribution is 6.46. The molecule has 0 bridgehead atoms. The molecule has 1 atom stereocenters. The van der Waals surface area contributed by atoms with Gasteiger partial charge in [0.25, 0.3) is 11.7 Å². The Morgan fingerprint density at radius 2 is 1.87 bits per heavy atom. The number of aliphatic hydroxyl groups excluding tert-OH is 1. The van der Waals surface area contributed by atoms with Crippen molar-refractivity contribution < 1.29 is 19.4 Å². The van der Waals surface area contributed by atoms with Crippen molar-refractivity contribution in [1.82, 2.24) is 20.0 Å². The summed E-state index contributed by atoms with van der Waals surface area (Å²) >= 11 is 0. The van der Waals surface area contributed by atoms with Gasteiger partial charge in [0, 0.05) is 31.9 Å². The minimum atomic E-state index is -0.655. The van der Waals surface area contributed by atoms with E-state index in [1.54, 1.807) is 18.7 Å². The van der Waals surface area contributed by atoms with Crippen LogP contribution < -0.4 is 0 Å². The van der Waals surface area contributed by atoms with E-state index < -0.39 is 17.7 Å². The molecule has 1 amide bonds. The van der Waals surface area contributed by atoms with Gasteiger partial charge in [0.15, 0.2) is 0 Å². The minimum Gasteiger partial charge on any atom is -0.507 e. The second-order valence-electron chi connectivity index (χ2n) is 8.02. The van der Waals surface area contributed by atoms with Crippen molar-refractivity contribution in [3.63, 3.8) is 0 Å². The van der Waals surface area contributed by atoms with Crippen molar-refractivity contribution in [1.29, 1.82) is 0 Å². The van der Waals surface area contributed by atoms with Gasteiger partial charge < -0.3 is 14.7 Å². The van der Waals surface area contributed by atoms with E-state index in [0.29, 0.717) is 23.5 Å². The lowest BCUT2D eigenvalue weighted by atomic mass is 9.94. The molecule has 2 N–H and O–H groups in total. The summed E-state index contributed by atoms with van der Waals surface area (Å²) in [4.78, 5) is 29.9. The van der Waals surface area contributed by atoms with Crippen LogP contribution in [0.5, 0.6) is 0 Å². The standard InChI is InChI=1S/C23H28N4O4/c1-15-18(16(2)25-24-15)21(28)19-20(17-7-4-3-5-8-17)27(23(30)22(19)29)10-6-9-26-11-13-31-14-12-26/h3-5,7-8,20,28H,6,9-14H2,1-2H3,(H,24,25)/t20-/m1/s1. The molecule has 164 valence electrons. The summed E-state index contributed by atoms with van der Waals surface area (Å²) in [5, 5.41) is 18.1. The number of H-pyrrole nitrogens is 1. The lowest BCUT2D eigenvalue weighted by Gasteiger charge is -2.29. The number of aryl methyl sites for hydroxylation is 2. The summed E-state index contributed by atoms with van der Waals surface area (Å²) < 4.78 is 5.39. The van der Waals surface area contributed by atoms with Crippen molar-refractivity contribution >= 4 is 17.4 Å². The normalized spacial score (nSPS) is 21.7. The minimum absolute atomic E-state index is 0.121. The Morgan fingerprint density at radius 3 is 2.52 bits per heavy atom. The maximum absolute atomic E-state index is 13.1. The number of aromatic nitrogens is 2. The summed E-state index contributed by atoms with van der Waals surface area (Å²) in [5.41, 5.74) is 2.64. The van der Waals surface area contributed by atoms with E-state index in [2.05, 4.69) is 15.1 Å². The van der Waals surface area contributed by atoms with E-state index in [1.165, 1.54) is 0 Å². The first-order valence-corrected chi connectivity index (χ1v) is 10.6. The van der Waals surface area contributed by atoms with Crippen LogP contribution in [0, 0.1) is 13.8 Å². The maximum atomic E-state index is 13.1. The molecule has 2 fully saturated rings. The molecule has 0 unspecified atom stereocenters. The van der Waals surface area contributed by atoms with Crippen LogP contribution in [0.25, 0.3) is 5.76 Å². The van der Waals surface area contributed by atoms with Gasteiger partial charge in [0.1, 0.15) is 5.76 Å². The number of nitrogens with one attached hydrogen (secondary N) is 1. The fourth-order valence-corrected chi connectivity index (χ4v) is 4.42. The number of hydrogen-bond acceptors (Lipinski definition) is 6. The van der Waals surface area contributed by atoms with Gasteiger partial charge >= 0.3 is 0 Å². The first kappa shape index (κ1) is 21.3. The largest absolute Gasteiger partial charge is 0.507 e. The van der Waals surface area contributed by atoms with E-state index in [0.717, 1.165) is 44.8 Å². The number of benzene rings is 1. The molecule has 1 aromatic carbocycles. The topological polar surface area (TPSA) is 98.8 Å². The van der Waals surface area contributed by atoms with Gasteiger partial charge in [-0.1, -0.05) is 30.3 Å². The molecule has 1 aromatic heterocycles. The van der Waals surface area contributed by atoms with Crippen LogP contribution in [-0.2, 0) is 14.3 Å². The van der Waals surface area contributed by atoms with E-state index in [1.807, 2.05) is 30.3 Å². The van der Waals surface area contributed by atoms with Crippen molar-refractivity contribution in [2.45, 2.75) is 26.3 Å². The molecule has 0 saturated carbocycles. The van der Waals surface area contributed by atoms with Crippen molar-refractivity contribution in [3.05, 3.63) is 58.4 Å². The Kier molecular flexibility index (Phi) is 6.20. The predicted molar refractivity (Wildman–Crippen MR) is 115 cm³/mol. The number of ether oxygens (including phenoxy) is 1. The first-order valence-electron chi connectivity index (χ1n) is 10.6. The highest BCUT2D eigenvalue weighted by Gasteiger charge is 2.46. The van der Waals surface area contributed by atoms with E-state index >= 15 is 0 Å². The Morgan fingerprint density at radius 1 is 1.16 bits per heavy atom. The smallest absolute Gasteiger partial charge is 0.295 e. The molecule has 0 aliphatic carbocycles. The number of carbonyl (C=O) groups excluding carboxylic acids is 2. The van der Waals surface area contributed by atoms with Gasteiger partial charge in [-0.3, -0.25) is 19.6 Å². The molecule has 2 aliphatic rings. The number of Topliss-reactive ketones (excluding diaryl/α,β-unsaturated/α-hetero) is 1. The van der Waals surface area contributed by atoms with E-state index in [9.17, 15) is 14.7 Å². The second kappa shape index (κ2) is 9.03. The SMILES string of the molecule is Cc1n[nH]c(C)c1C(O)=C1C(=O)C(=O)N(CCCN2CCOCC2)[C@@H]1c1ccccc1. The first-order chi connectivity index (χ1) is 15.0. The lowest BCUT2D eigenvalue weighted by Crippen LogP contribution is -2.38. The van der Waals surface area contributed by atoms with Crippen LogP contribution in [-0.4, -0.2) is 76.2 Å². The van der Waals surface area contributed by atoms with Crippen molar-refractivity contribution in [2.75, 3.05) is 39.4 Å². The Bertz CT molecular complexity index is 973. The van der Waals surface area contributed by atoms with Crippen molar-refractivity contribution in [3.8, 4) is 0 Å². The van der Waals surface area contributed by atoms with Crippen LogP contribution in [0.15, 0.2) is 35.9 Å². The highest BCUT2D eigenvalue weighted by atomic mass is 16.5. The Labute approximate surface area is 181 Å². The number of nitrogens with zero attached hydrogens (tertiary/aromatic N) is 3. The predicted octanol–water partition coefficient (Wildman–Crippen LogP) is 2.17. The molecule has 31 heavy (non-hydrogen) atoms. The zero-order chi connectivity index (χ0) is 22.0. The summed E-state index contributed by atoms with van der Waals surface area (Å²) in [6.07, 6.45) is 0.736. The number of carbonyl (C=O) groups is 2. The monoisotopic (exact) mass is 424 g/mol. The third-order valence-electron chi connectivity index (χ3n) is 6.00. The average molecular weight is 425 g/mol. The van der Waals surface area contributed by atoms with E-state index in [4.69, 9.17) is 4.74 Å². The number of rotatable bonds is 6. The number of ketones is 1. The second-order valence-corrected chi connectivity index (χ2v) is 8.02. The molecular formula is C23H28N4O4. The summed E-state index contributed by atoms with van der Waals surface area (Å²) in [6, 6.07) is 8.77. The fourth-order valence-electron chi connectivity index (χ4n) is 4.42. The molecule has 0 spiro atoms. The summed E-state index contributed by atoms with van der Waals surface area (Å²) in [6.45, 7) is 7.99. The van der Waals surface area contributed by atoms with Gasteiger partial charge in [-0.05, 0) is 25.8 Å².